The van der Waals surface area contributed by atoms with Gasteiger partial charge in [-0.25, -0.2) is 0 Å². The molecule has 0 spiro atoms. The van der Waals surface area contributed by atoms with Crippen LogP contribution in [-0.2, 0) is 11.2 Å². The molecule has 0 radical (unpaired) electrons. The molecule has 1 aromatic carbocycles. The number of amides is 1. The zero-order valence-electron chi connectivity index (χ0n) is 10.3. The second-order valence-corrected chi connectivity index (χ2v) is 4.31. The van der Waals surface area contributed by atoms with Crippen LogP contribution >= 0.6 is 0 Å². The van der Waals surface area contributed by atoms with E-state index >= 15 is 0 Å². The van der Waals surface area contributed by atoms with Crippen LogP contribution in [0.15, 0.2) is 24.3 Å². The van der Waals surface area contributed by atoms with Crippen molar-refractivity contribution < 1.29 is 9.90 Å². The van der Waals surface area contributed by atoms with Gasteiger partial charge in [-0.1, -0.05) is 19.1 Å². The monoisotopic (exact) mass is 236 g/mol. The number of nitrogens with two attached hydrogens (primary N) is 1. The number of hydrogen-bond donors (Lipinski definition) is 3. The van der Waals surface area contributed by atoms with Gasteiger partial charge in [-0.2, -0.15) is 0 Å². The van der Waals surface area contributed by atoms with Crippen molar-refractivity contribution in [3.8, 4) is 0 Å². The fraction of sp³-hybridized carbons (Fsp3) is 0.462. The van der Waals surface area contributed by atoms with E-state index in [4.69, 9.17) is 10.8 Å². The number of aliphatic hydroxyl groups excluding tert-OH is 1. The van der Waals surface area contributed by atoms with Gasteiger partial charge in [0.25, 0.3) is 0 Å². The van der Waals surface area contributed by atoms with Gasteiger partial charge in [-0.15, -0.1) is 0 Å². The first-order valence-corrected chi connectivity index (χ1v) is 5.81. The van der Waals surface area contributed by atoms with Crippen LogP contribution in [0.1, 0.15) is 19.4 Å². The number of rotatable bonds is 5. The molecule has 94 valence electrons. The molecular weight excluding hydrogens is 216 g/mol. The van der Waals surface area contributed by atoms with Crippen LogP contribution in [0.3, 0.4) is 0 Å². The van der Waals surface area contributed by atoms with E-state index in [9.17, 15) is 4.79 Å². The van der Waals surface area contributed by atoms with Gasteiger partial charge in [0, 0.05) is 18.3 Å². The summed E-state index contributed by atoms with van der Waals surface area (Å²) in [5.41, 5.74) is 7.47. The van der Waals surface area contributed by atoms with Crippen LogP contribution in [0.5, 0.6) is 0 Å². The molecule has 0 aromatic heterocycles. The Bertz CT molecular complexity index is 360. The van der Waals surface area contributed by atoms with Crippen molar-refractivity contribution in [3.05, 3.63) is 29.8 Å². The Balaban J connectivity index is 2.60. The molecule has 0 saturated carbocycles. The minimum Gasteiger partial charge on any atom is -0.396 e. The van der Waals surface area contributed by atoms with E-state index in [0.29, 0.717) is 6.42 Å². The predicted molar refractivity (Wildman–Crippen MR) is 68.7 cm³/mol. The third kappa shape index (κ3) is 4.17. The normalized spacial score (nSPS) is 14.1. The Hall–Kier alpha value is -1.39. The number of carbonyl (C=O) groups excluding carboxylic acids is 1. The van der Waals surface area contributed by atoms with E-state index in [-0.39, 0.29) is 24.5 Å². The molecule has 0 heterocycles. The highest BCUT2D eigenvalue weighted by Gasteiger charge is 2.16. The Morgan fingerprint density at radius 3 is 2.41 bits per heavy atom. The predicted octanol–water partition coefficient (Wildman–Crippen LogP) is 1.14. The summed E-state index contributed by atoms with van der Waals surface area (Å²) in [7, 11) is 0. The summed E-state index contributed by atoms with van der Waals surface area (Å²) in [6.45, 7) is 3.75. The second-order valence-electron chi connectivity index (χ2n) is 4.31. The van der Waals surface area contributed by atoms with Gasteiger partial charge in [0.2, 0.25) is 5.91 Å². The van der Waals surface area contributed by atoms with Crippen molar-refractivity contribution in [2.45, 2.75) is 26.3 Å². The Labute approximate surface area is 102 Å². The Kier molecular flexibility index (Phi) is 5.12. The summed E-state index contributed by atoms with van der Waals surface area (Å²) in [4.78, 5) is 11.7. The smallest absolute Gasteiger partial charge is 0.228 e. The van der Waals surface area contributed by atoms with Gasteiger partial charge in [0.1, 0.15) is 0 Å². The van der Waals surface area contributed by atoms with Crippen LogP contribution in [0, 0.1) is 5.92 Å². The van der Waals surface area contributed by atoms with Crippen LogP contribution in [-0.4, -0.2) is 23.7 Å². The third-order valence-corrected chi connectivity index (χ3v) is 2.82. The molecule has 4 nitrogen and oxygen atoms in total. The van der Waals surface area contributed by atoms with E-state index < -0.39 is 0 Å². The quantitative estimate of drug-likeness (QED) is 0.717. The molecule has 0 saturated heterocycles. The van der Waals surface area contributed by atoms with Gasteiger partial charge >= 0.3 is 0 Å². The average Bonchev–Trinajstić information content (AvgIpc) is 2.30. The van der Waals surface area contributed by atoms with Crippen LogP contribution in [0.2, 0.25) is 0 Å². The summed E-state index contributed by atoms with van der Waals surface area (Å²) in [6.07, 6.45) is 0.629. The highest BCUT2D eigenvalue weighted by Crippen LogP contribution is 2.12. The minimum atomic E-state index is -0.216. The highest BCUT2D eigenvalue weighted by molar-refractivity contribution is 5.92. The SMILES string of the molecule is CC(N)C(C)C(=O)Nc1ccc(CCO)cc1. The maximum Gasteiger partial charge on any atom is 0.228 e. The fourth-order valence-corrected chi connectivity index (χ4v) is 1.38. The largest absolute Gasteiger partial charge is 0.396 e. The van der Waals surface area contributed by atoms with Crippen LogP contribution in [0.4, 0.5) is 5.69 Å². The van der Waals surface area contributed by atoms with Crippen molar-refractivity contribution in [2.75, 3.05) is 11.9 Å². The van der Waals surface area contributed by atoms with Crippen LogP contribution < -0.4 is 11.1 Å². The van der Waals surface area contributed by atoms with Gasteiger partial charge < -0.3 is 16.2 Å². The van der Waals surface area contributed by atoms with E-state index in [1.807, 2.05) is 31.2 Å². The minimum absolute atomic E-state index is 0.0742. The fourth-order valence-electron chi connectivity index (χ4n) is 1.38. The van der Waals surface area contributed by atoms with Gasteiger partial charge in [0.15, 0.2) is 0 Å². The lowest BCUT2D eigenvalue weighted by Gasteiger charge is -2.15. The number of anilines is 1. The molecule has 4 heteroatoms. The topological polar surface area (TPSA) is 75.4 Å². The standard InChI is InChI=1S/C13H20N2O2/c1-9(10(2)14)13(17)15-12-5-3-11(4-6-12)7-8-16/h3-6,9-10,16H,7-8,14H2,1-2H3,(H,15,17). The summed E-state index contributed by atoms with van der Waals surface area (Å²) in [6, 6.07) is 7.28. The number of hydrogen-bond acceptors (Lipinski definition) is 3. The van der Waals surface area contributed by atoms with Gasteiger partial charge in [-0.3, -0.25) is 4.79 Å². The molecule has 0 fully saturated rings. The van der Waals surface area contributed by atoms with E-state index in [2.05, 4.69) is 5.32 Å². The molecule has 1 amide bonds. The van der Waals surface area contributed by atoms with Crippen molar-refractivity contribution >= 4 is 11.6 Å². The molecule has 17 heavy (non-hydrogen) atoms. The first-order chi connectivity index (χ1) is 8.04. The third-order valence-electron chi connectivity index (χ3n) is 2.82. The van der Waals surface area contributed by atoms with E-state index in [0.717, 1.165) is 11.3 Å². The van der Waals surface area contributed by atoms with Crippen molar-refractivity contribution in [1.29, 1.82) is 0 Å². The Morgan fingerprint density at radius 1 is 1.35 bits per heavy atom. The molecule has 0 aliphatic carbocycles. The van der Waals surface area contributed by atoms with Gasteiger partial charge in [-0.05, 0) is 31.0 Å². The molecule has 0 aliphatic heterocycles. The molecule has 2 atom stereocenters. The summed E-state index contributed by atoms with van der Waals surface area (Å²) >= 11 is 0. The second kappa shape index (κ2) is 6.37. The molecule has 1 aromatic rings. The molecule has 0 bridgehead atoms. The van der Waals surface area contributed by atoms with Crippen molar-refractivity contribution in [3.63, 3.8) is 0 Å². The van der Waals surface area contributed by atoms with Crippen LogP contribution in [0.25, 0.3) is 0 Å². The summed E-state index contributed by atoms with van der Waals surface area (Å²) in [5, 5.41) is 11.6. The summed E-state index contributed by atoms with van der Waals surface area (Å²) < 4.78 is 0. The molecule has 0 aliphatic rings. The van der Waals surface area contributed by atoms with E-state index in [1.165, 1.54) is 0 Å². The first kappa shape index (κ1) is 13.7. The maximum atomic E-state index is 11.7. The summed E-state index contributed by atoms with van der Waals surface area (Å²) in [5.74, 6) is -0.290. The molecular formula is C13H20N2O2. The Morgan fingerprint density at radius 2 is 1.94 bits per heavy atom. The van der Waals surface area contributed by atoms with Gasteiger partial charge in [0.05, 0.1) is 5.92 Å². The molecule has 2 unspecified atom stereocenters. The van der Waals surface area contributed by atoms with E-state index in [1.54, 1.807) is 6.92 Å². The maximum absolute atomic E-state index is 11.7. The average molecular weight is 236 g/mol. The number of carbonyl (C=O) groups is 1. The number of benzene rings is 1. The molecule has 1 rings (SSSR count). The lowest BCUT2D eigenvalue weighted by molar-refractivity contribution is -0.119. The number of nitrogens with one attached hydrogen (secondary N) is 1. The highest BCUT2D eigenvalue weighted by atomic mass is 16.2. The van der Waals surface area contributed by atoms with Crippen molar-refractivity contribution in [2.24, 2.45) is 11.7 Å². The van der Waals surface area contributed by atoms with Crippen molar-refractivity contribution in [1.82, 2.24) is 0 Å². The molecule has 4 N–H and O–H groups in total. The zero-order chi connectivity index (χ0) is 12.8. The lowest BCUT2D eigenvalue weighted by atomic mass is 10.0. The lowest BCUT2D eigenvalue weighted by Crippen LogP contribution is -2.34. The number of aliphatic hydroxyl groups is 1. The zero-order valence-corrected chi connectivity index (χ0v) is 10.3. The first-order valence-electron chi connectivity index (χ1n) is 5.81.